The molecule has 7 aromatic carbocycles. The molecule has 0 aliphatic carbocycles. The molecular formula is C44H29N3Si. The Bertz CT molecular complexity index is 2430. The predicted molar refractivity (Wildman–Crippen MR) is 201 cm³/mol. The average Bonchev–Trinajstić information content (AvgIpc) is 3.50. The molecule has 0 saturated carbocycles. The Morgan fingerprint density at radius 2 is 1.10 bits per heavy atom. The number of aromatic nitrogens is 1. The molecule has 48 heavy (non-hydrogen) atoms. The molecule has 0 radical (unpaired) electrons. The van der Waals surface area contributed by atoms with Gasteiger partial charge in [0.05, 0.1) is 29.2 Å². The van der Waals surface area contributed by atoms with E-state index in [2.05, 4.69) is 149 Å². The third-order valence-corrected chi connectivity index (χ3v) is 14.2. The van der Waals surface area contributed by atoms with Gasteiger partial charge in [-0.3, -0.25) is 0 Å². The van der Waals surface area contributed by atoms with Crippen LogP contribution in [0.15, 0.2) is 176 Å². The number of nitrogens with zero attached hydrogens (tertiary/aromatic N) is 3. The van der Waals surface area contributed by atoms with Crippen molar-refractivity contribution in [3.05, 3.63) is 193 Å². The first kappa shape index (κ1) is 29.0. The molecule has 0 bridgehead atoms. The van der Waals surface area contributed by atoms with Gasteiger partial charge >= 0.3 is 0 Å². The van der Waals surface area contributed by atoms with E-state index in [-0.39, 0.29) is 0 Å². The molecule has 0 atom stereocenters. The Morgan fingerprint density at radius 1 is 0.521 bits per heavy atom. The van der Waals surface area contributed by atoms with Crippen molar-refractivity contribution in [1.82, 2.24) is 4.57 Å². The van der Waals surface area contributed by atoms with Gasteiger partial charge < -0.3 is 4.57 Å². The summed E-state index contributed by atoms with van der Waals surface area (Å²) in [5.41, 5.74) is 6.18. The Morgan fingerprint density at radius 3 is 1.73 bits per heavy atom. The molecule has 8 aromatic rings. The maximum absolute atomic E-state index is 10.4. The minimum absolute atomic E-state index is 0.616. The lowest BCUT2D eigenvalue weighted by atomic mass is 9.99. The molecule has 1 aromatic heterocycles. The van der Waals surface area contributed by atoms with E-state index in [9.17, 15) is 5.26 Å². The lowest BCUT2D eigenvalue weighted by molar-refractivity contribution is 1.18. The number of fused-ring (bicyclic) bond motifs is 3. The van der Waals surface area contributed by atoms with E-state index in [0.29, 0.717) is 11.3 Å². The van der Waals surface area contributed by atoms with E-state index in [1.165, 1.54) is 20.7 Å². The van der Waals surface area contributed by atoms with Crippen molar-refractivity contribution in [3.8, 4) is 22.9 Å². The van der Waals surface area contributed by atoms with Crippen molar-refractivity contribution >= 4 is 56.3 Å². The van der Waals surface area contributed by atoms with Gasteiger partial charge in [-0.1, -0.05) is 140 Å². The third kappa shape index (κ3) is 4.64. The SMILES string of the molecule is [C-]#[N+]c1ccc2c(c1)c1ccccc1n2-c1ccc(C#N)c(-c2cccc([Si](c3ccccc3)(c3ccccc3)c3ccccc3)c2)c1. The lowest BCUT2D eigenvalue weighted by Gasteiger charge is -2.34. The summed E-state index contributed by atoms with van der Waals surface area (Å²) in [6.07, 6.45) is 0. The second-order valence-corrected chi connectivity index (χ2v) is 15.7. The van der Waals surface area contributed by atoms with Gasteiger partial charge in [-0.25, -0.2) is 4.85 Å². The zero-order chi connectivity index (χ0) is 32.5. The smallest absolute Gasteiger partial charge is 0.188 e. The maximum Gasteiger partial charge on any atom is 0.188 e. The van der Waals surface area contributed by atoms with Crippen LogP contribution in [0.4, 0.5) is 5.69 Å². The van der Waals surface area contributed by atoms with Crippen molar-refractivity contribution in [1.29, 1.82) is 5.26 Å². The minimum Gasteiger partial charge on any atom is -0.309 e. The van der Waals surface area contributed by atoms with Gasteiger partial charge in [0.2, 0.25) is 0 Å². The zero-order valence-electron chi connectivity index (χ0n) is 26.1. The van der Waals surface area contributed by atoms with Crippen LogP contribution in [0.5, 0.6) is 0 Å². The van der Waals surface area contributed by atoms with Gasteiger partial charge in [0, 0.05) is 16.6 Å². The Labute approximate surface area is 281 Å². The topological polar surface area (TPSA) is 33.1 Å². The van der Waals surface area contributed by atoms with Gasteiger partial charge in [0.25, 0.3) is 0 Å². The average molecular weight is 628 g/mol. The van der Waals surface area contributed by atoms with Crippen LogP contribution in [0.2, 0.25) is 0 Å². The molecule has 0 unspecified atom stereocenters. The molecule has 0 fully saturated rings. The molecule has 0 amide bonds. The number of para-hydroxylation sites is 1. The van der Waals surface area contributed by atoms with E-state index in [1.54, 1.807) is 0 Å². The standard InChI is InChI=1S/C44H29N3Si/c1-46-34-25-27-44-42(29-34)40-22-11-12-23-43(40)47(44)35-26-24-33(31-45)41(30-35)32-14-13-21-39(28-32)48(36-15-5-2-6-16-36,37-17-7-3-8-18-37)38-19-9-4-10-20-38/h2-30H. The second kappa shape index (κ2) is 12.0. The molecule has 0 saturated heterocycles. The molecule has 3 nitrogen and oxygen atoms in total. The molecular weight excluding hydrogens is 599 g/mol. The molecule has 0 aliphatic heterocycles. The molecule has 0 spiro atoms. The Kier molecular flexibility index (Phi) is 7.27. The number of hydrogen-bond donors (Lipinski definition) is 0. The fourth-order valence-corrected chi connectivity index (χ4v) is 12.1. The van der Waals surface area contributed by atoms with Gasteiger partial charge in [-0.2, -0.15) is 5.26 Å². The predicted octanol–water partition coefficient (Wildman–Crippen LogP) is 8.25. The van der Waals surface area contributed by atoms with Gasteiger partial charge in [0.1, 0.15) is 0 Å². The van der Waals surface area contributed by atoms with E-state index in [0.717, 1.165) is 38.6 Å². The summed E-state index contributed by atoms with van der Waals surface area (Å²) in [4.78, 5) is 3.69. The van der Waals surface area contributed by atoms with Crippen molar-refractivity contribution in [2.45, 2.75) is 0 Å². The van der Waals surface area contributed by atoms with Crippen molar-refractivity contribution in [2.24, 2.45) is 0 Å². The quantitative estimate of drug-likeness (QED) is 0.104. The molecule has 224 valence electrons. The van der Waals surface area contributed by atoms with Crippen LogP contribution >= 0.6 is 0 Å². The van der Waals surface area contributed by atoms with Crippen LogP contribution in [0.25, 0.3) is 43.5 Å². The monoisotopic (exact) mass is 627 g/mol. The molecule has 1 heterocycles. The van der Waals surface area contributed by atoms with Crippen molar-refractivity contribution in [2.75, 3.05) is 0 Å². The summed E-state index contributed by atoms with van der Waals surface area (Å²) >= 11 is 0. The Hall–Kier alpha value is -6.46. The summed E-state index contributed by atoms with van der Waals surface area (Å²) in [7, 11) is -2.75. The van der Waals surface area contributed by atoms with Gasteiger partial charge in [-0.05, 0) is 68.1 Å². The summed E-state index contributed by atoms with van der Waals surface area (Å²) in [5.74, 6) is 0. The van der Waals surface area contributed by atoms with E-state index < -0.39 is 8.07 Å². The highest BCUT2D eigenvalue weighted by molar-refractivity contribution is 7.19. The van der Waals surface area contributed by atoms with E-state index in [1.807, 2.05) is 42.5 Å². The summed E-state index contributed by atoms with van der Waals surface area (Å²) < 4.78 is 2.24. The largest absolute Gasteiger partial charge is 0.309 e. The van der Waals surface area contributed by atoms with Crippen LogP contribution in [0.3, 0.4) is 0 Å². The molecule has 8 rings (SSSR count). The summed E-state index contributed by atoms with van der Waals surface area (Å²) in [6.45, 7) is 7.58. The highest BCUT2D eigenvalue weighted by atomic mass is 28.3. The third-order valence-electron chi connectivity index (χ3n) is 9.39. The fourth-order valence-electron chi connectivity index (χ4n) is 7.30. The normalized spacial score (nSPS) is 11.3. The van der Waals surface area contributed by atoms with Crippen LogP contribution in [0.1, 0.15) is 5.56 Å². The first-order chi connectivity index (χ1) is 23.7. The van der Waals surface area contributed by atoms with Crippen molar-refractivity contribution in [3.63, 3.8) is 0 Å². The van der Waals surface area contributed by atoms with Gasteiger partial charge in [-0.15, -0.1) is 0 Å². The molecule has 0 aliphatic rings. The minimum atomic E-state index is -2.75. The zero-order valence-corrected chi connectivity index (χ0v) is 27.1. The fraction of sp³-hybridized carbons (Fsp3) is 0. The van der Waals surface area contributed by atoms with Crippen LogP contribution in [-0.4, -0.2) is 12.6 Å². The highest BCUT2D eigenvalue weighted by Gasteiger charge is 2.41. The number of benzene rings is 7. The van der Waals surface area contributed by atoms with Crippen molar-refractivity contribution < 1.29 is 0 Å². The first-order valence-electron chi connectivity index (χ1n) is 15.9. The second-order valence-electron chi connectivity index (χ2n) is 11.9. The van der Waals surface area contributed by atoms with E-state index in [4.69, 9.17) is 6.57 Å². The van der Waals surface area contributed by atoms with Crippen LogP contribution < -0.4 is 20.7 Å². The van der Waals surface area contributed by atoms with Gasteiger partial charge in [0.15, 0.2) is 13.8 Å². The molecule has 4 heteroatoms. The number of nitriles is 1. The lowest BCUT2D eigenvalue weighted by Crippen LogP contribution is -2.74. The first-order valence-corrected chi connectivity index (χ1v) is 17.9. The summed E-state index contributed by atoms with van der Waals surface area (Å²) in [5, 5.41) is 17.7. The van der Waals surface area contributed by atoms with Crippen LogP contribution in [0, 0.1) is 17.9 Å². The number of rotatable bonds is 6. The Balaban J connectivity index is 1.38. The number of hydrogen-bond acceptors (Lipinski definition) is 1. The maximum atomic E-state index is 10.4. The summed E-state index contributed by atoms with van der Waals surface area (Å²) in [6, 6.07) is 64.2. The highest BCUT2D eigenvalue weighted by Crippen LogP contribution is 2.36. The molecule has 0 N–H and O–H groups in total. The van der Waals surface area contributed by atoms with E-state index >= 15 is 0 Å². The van der Waals surface area contributed by atoms with Crippen LogP contribution in [-0.2, 0) is 0 Å².